The van der Waals surface area contributed by atoms with Gasteiger partial charge in [-0.3, -0.25) is 0 Å². The predicted octanol–water partition coefficient (Wildman–Crippen LogP) is 1.19. The minimum Gasteiger partial charge on any atom is -0.618 e. The van der Waals surface area contributed by atoms with E-state index in [1.165, 1.54) is 6.20 Å². The van der Waals surface area contributed by atoms with Crippen molar-refractivity contribution in [2.45, 2.75) is 32.8 Å². The highest BCUT2D eigenvalue weighted by atomic mass is 79.9. The third kappa shape index (κ3) is 2.80. The number of carbonyl (C=O) groups is 1. The molecule has 1 atom stereocenters. The SMILES string of the molecule is Cc1c(CC(O)CC=O)c(Br)c[n+]([O-])c1C. The molecule has 1 aromatic rings. The van der Waals surface area contributed by atoms with Crippen LogP contribution in [0.4, 0.5) is 0 Å². The highest BCUT2D eigenvalue weighted by Crippen LogP contribution is 2.22. The molecule has 0 spiro atoms. The summed E-state index contributed by atoms with van der Waals surface area (Å²) in [7, 11) is 0. The molecule has 1 N–H and O–H groups in total. The van der Waals surface area contributed by atoms with Crippen LogP contribution in [-0.4, -0.2) is 17.5 Å². The summed E-state index contributed by atoms with van der Waals surface area (Å²) < 4.78 is 1.45. The van der Waals surface area contributed by atoms with Gasteiger partial charge in [-0.05, 0) is 28.4 Å². The largest absolute Gasteiger partial charge is 0.618 e. The van der Waals surface area contributed by atoms with Crippen molar-refractivity contribution in [3.63, 3.8) is 0 Å². The van der Waals surface area contributed by atoms with Crippen molar-refractivity contribution in [3.8, 4) is 0 Å². The van der Waals surface area contributed by atoms with Crippen molar-refractivity contribution in [1.82, 2.24) is 0 Å². The number of pyridine rings is 1. The number of aliphatic hydroxyl groups is 1. The van der Waals surface area contributed by atoms with Crippen LogP contribution in [0.3, 0.4) is 0 Å². The third-order valence-electron chi connectivity index (χ3n) is 2.65. The third-order valence-corrected chi connectivity index (χ3v) is 3.34. The van der Waals surface area contributed by atoms with Crippen LogP contribution in [0.25, 0.3) is 0 Å². The van der Waals surface area contributed by atoms with Gasteiger partial charge in [0.25, 0.3) is 0 Å². The summed E-state index contributed by atoms with van der Waals surface area (Å²) in [6, 6.07) is 0. The molecule has 0 fully saturated rings. The van der Waals surface area contributed by atoms with E-state index >= 15 is 0 Å². The molecule has 1 unspecified atom stereocenters. The molecule has 88 valence electrons. The van der Waals surface area contributed by atoms with E-state index in [2.05, 4.69) is 15.9 Å². The van der Waals surface area contributed by atoms with Gasteiger partial charge in [0.15, 0.2) is 11.9 Å². The van der Waals surface area contributed by atoms with Crippen molar-refractivity contribution in [1.29, 1.82) is 0 Å². The van der Waals surface area contributed by atoms with E-state index in [0.717, 1.165) is 15.9 Å². The first-order chi connectivity index (χ1) is 7.47. The number of aldehydes is 1. The molecule has 0 aromatic carbocycles. The number of aliphatic hydroxyl groups excluding tert-OH is 1. The minimum absolute atomic E-state index is 0.108. The molecule has 0 amide bonds. The van der Waals surface area contributed by atoms with Gasteiger partial charge in [0, 0.05) is 25.3 Å². The van der Waals surface area contributed by atoms with Crippen LogP contribution >= 0.6 is 15.9 Å². The summed E-state index contributed by atoms with van der Waals surface area (Å²) in [5.74, 6) is 0. The number of aromatic nitrogens is 1. The standard InChI is InChI=1S/C11H14BrNO3/c1-7-8(2)13(16)6-11(12)10(7)5-9(15)3-4-14/h4,6,9,15H,3,5H2,1-2H3. The molecule has 0 bridgehead atoms. The summed E-state index contributed by atoms with van der Waals surface area (Å²) in [5.41, 5.74) is 2.32. The highest BCUT2D eigenvalue weighted by molar-refractivity contribution is 9.10. The van der Waals surface area contributed by atoms with Gasteiger partial charge >= 0.3 is 0 Å². The lowest BCUT2D eigenvalue weighted by molar-refractivity contribution is -0.613. The Morgan fingerprint density at radius 3 is 2.81 bits per heavy atom. The van der Waals surface area contributed by atoms with Crippen molar-refractivity contribution in [2.24, 2.45) is 0 Å². The van der Waals surface area contributed by atoms with Gasteiger partial charge in [0.2, 0.25) is 0 Å². The fourth-order valence-corrected chi connectivity index (χ4v) is 2.17. The fourth-order valence-electron chi connectivity index (χ4n) is 1.52. The Kier molecular flexibility index (Phi) is 4.44. The quantitative estimate of drug-likeness (QED) is 0.514. The molecule has 5 heteroatoms. The second-order valence-corrected chi connectivity index (χ2v) is 4.61. The zero-order chi connectivity index (χ0) is 12.3. The van der Waals surface area contributed by atoms with Gasteiger partial charge in [0.1, 0.15) is 6.29 Å². The van der Waals surface area contributed by atoms with Crippen LogP contribution < -0.4 is 4.73 Å². The van der Waals surface area contributed by atoms with Crippen LogP contribution in [0.15, 0.2) is 10.7 Å². The number of carbonyl (C=O) groups excluding carboxylic acids is 1. The second-order valence-electron chi connectivity index (χ2n) is 3.75. The van der Waals surface area contributed by atoms with Crippen molar-refractivity contribution < 1.29 is 14.6 Å². The number of halogens is 1. The molecule has 0 radical (unpaired) electrons. The van der Waals surface area contributed by atoms with Gasteiger partial charge in [-0.25, -0.2) is 0 Å². The summed E-state index contributed by atoms with van der Waals surface area (Å²) in [6.07, 6.45) is 1.89. The Labute approximate surface area is 103 Å². The molecule has 16 heavy (non-hydrogen) atoms. The van der Waals surface area contributed by atoms with Crippen molar-refractivity contribution >= 4 is 22.2 Å². The Morgan fingerprint density at radius 1 is 1.62 bits per heavy atom. The topological polar surface area (TPSA) is 64.2 Å². The zero-order valence-corrected chi connectivity index (χ0v) is 10.8. The van der Waals surface area contributed by atoms with E-state index in [0.29, 0.717) is 22.9 Å². The maximum atomic E-state index is 11.4. The zero-order valence-electron chi connectivity index (χ0n) is 9.24. The van der Waals surface area contributed by atoms with Gasteiger partial charge in [-0.2, -0.15) is 4.73 Å². The Balaban J connectivity index is 3.04. The lowest BCUT2D eigenvalue weighted by Crippen LogP contribution is -2.32. The molecule has 4 nitrogen and oxygen atoms in total. The Bertz CT molecular complexity index is 407. The maximum absolute atomic E-state index is 11.4. The molecule has 0 saturated carbocycles. The first kappa shape index (κ1) is 13.1. The lowest BCUT2D eigenvalue weighted by Gasteiger charge is -2.13. The molecule has 1 rings (SSSR count). The van der Waals surface area contributed by atoms with E-state index in [1.807, 2.05) is 6.92 Å². The van der Waals surface area contributed by atoms with E-state index in [9.17, 15) is 15.1 Å². The van der Waals surface area contributed by atoms with Gasteiger partial charge in [0.05, 0.1) is 10.6 Å². The predicted molar refractivity (Wildman–Crippen MR) is 63.0 cm³/mol. The average Bonchev–Trinajstić information content (AvgIpc) is 2.22. The average molecular weight is 288 g/mol. The molecular formula is C11H14BrNO3. The van der Waals surface area contributed by atoms with Crippen LogP contribution in [0.5, 0.6) is 0 Å². The molecule has 0 saturated heterocycles. The second kappa shape index (κ2) is 5.41. The van der Waals surface area contributed by atoms with Crippen molar-refractivity contribution in [3.05, 3.63) is 32.7 Å². The number of nitrogens with zero attached hydrogens (tertiary/aromatic N) is 1. The normalized spacial score (nSPS) is 12.5. The Morgan fingerprint density at radius 2 is 2.25 bits per heavy atom. The number of rotatable bonds is 4. The van der Waals surface area contributed by atoms with Crippen LogP contribution in [0.1, 0.15) is 23.2 Å². The van der Waals surface area contributed by atoms with Crippen LogP contribution in [0, 0.1) is 19.1 Å². The summed E-state index contributed by atoms with van der Waals surface area (Å²) in [4.78, 5) is 10.3. The number of hydrogen-bond acceptors (Lipinski definition) is 3. The van der Waals surface area contributed by atoms with Gasteiger partial charge in [-0.1, -0.05) is 0 Å². The van der Waals surface area contributed by atoms with E-state index < -0.39 is 6.10 Å². The minimum atomic E-state index is -0.700. The van der Waals surface area contributed by atoms with Gasteiger partial charge < -0.3 is 15.1 Å². The maximum Gasteiger partial charge on any atom is 0.195 e. The lowest BCUT2D eigenvalue weighted by atomic mass is 10.0. The molecule has 0 aliphatic heterocycles. The number of hydrogen-bond donors (Lipinski definition) is 1. The van der Waals surface area contributed by atoms with Crippen molar-refractivity contribution in [2.75, 3.05) is 0 Å². The molecule has 1 aromatic heterocycles. The van der Waals surface area contributed by atoms with E-state index in [-0.39, 0.29) is 6.42 Å². The first-order valence-electron chi connectivity index (χ1n) is 4.96. The summed E-state index contributed by atoms with van der Waals surface area (Å²) in [5, 5.41) is 21.0. The molecule has 0 aliphatic carbocycles. The van der Waals surface area contributed by atoms with Gasteiger partial charge in [-0.15, -0.1) is 0 Å². The summed E-state index contributed by atoms with van der Waals surface area (Å²) >= 11 is 3.29. The molecule has 0 aliphatic rings. The summed E-state index contributed by atoms with van der Waals surface area (Å²) in [6.45, 7) is 3.56. The smallest absolute Gasteiger partial charge is 0.195 e. The highest BCUT2D eigenvalue weighted by Gasteiger charge is 2.16. The van der Waals surface area contributed by atoms with E-state index in [4.69, 9.17) is 0 Å². The molecular weight excluding hydrogens is 274 g/mol. The fraction of sp³-hybridized carbons (Fsp3) is 0.455. The monoisotopic (exact) mass is 287 g/mol. The molecule has 1 heterocycles. The van der Waals surface area contributed by atoms with E-state index in [1.54, 1.807) is 6.92 Å². The first-order valence-corrected chi connectivity index (χ1v) is 5.76. The Hall–Kier alpha value is -0.940. The van der Waals surface area contributed by atoms with Crippen LogP contribution in [-0.2, 0) is 11.2 Å². The van der Waals surface area contributed by atoms with Crippen LogP contribution in [0.2, 0.25) is 0 Å².